The van der Waals surface area contributed by atoms with Gasteiger partial charge >= 0.3 is 29.6 Å². The number of methoxy groups -OCH3 is 1. The Kier molecular flexibility index (Phi) is 6.71. The Hall–Kier alpha value is 0.760. The van der Waals surface area contributed by atoms with Gasteiger partial charge in [-0.2, -0.15) is 0 Å². The molecule has 1 aliphatic heterocycles. The fraction of sp³-hybridized carbons (Fsp3) is 1.00. The second kappa shape index (κ2) is 6.37. The summed E-state index contributed by atoms with van der Waals surface area (Å²) in [4.78, 5) is 0. The van der Waals surface area contributed by atoms with Crippen molar-refractivity contribution in [3.8, 4) is 0 Å². The molecule has 0 aromatic carbocycles. The normalized spacial score (nSPS) is 43.1. The Morgan fingerprint density at radius 3 is 2.36 bits per heavy atom. The quantitative estimate of drug-likeness (QED) is 0.397. The third-order valence-corrected chi connectivity index (χ3v) is 2.10. The maximum Gasteiger partial charge on any atom is 1.00 e. The fourth-order valence-corrected chi connectivity index (χ4v) is 1.31. The van der Waals surface area contributed by atoms with Crippen LogP contribution in [0.5, 0.6) is 0 Å². The van der Waals surface area contributed by atoms with Gasteiger partial charge in [-0.25, -0.2) is 0 Å². The maximum atomic E-state index is 11.1. The van der Waals surface area contributed by atoms with Gasteiger partial charge in [0.05, 0.1) is 12.7 Å². The number of hydrogen-bond donors (Lipinski definition) is 3. The molecule has 1 saturated heterocycles. The molecule has 0 spiro atoms. The molecule has 6 nitrogen and oxygen atoms in total. The molecular formula is C7H13NaO6. The molecule has 14 heavy (non-hydrogen) atoms. The zero-order chi connectivity index (χ0) is 10.0. The molecule has 0 aliphatic carbocycles. The fourth-order valence-electron chi connectivity index (χ4n) is 1.31. The van der Waals surface area contributed by atoms with Gasteiger partial charge in [0, 0.05) is 13.4 Å². The Morgan fingerprint density at radius 2 is 1.93 bits per heavy atom. The van der Waals surface area contributed by atoms with E-state index in [-0.39, 0.29) is 29.6 Å². The van der Waals surface area contributed by atoms with Gasteiger partial charge in [0.25, 0.3) is 0 Å². The van der Waals surface area contributed by atoms with Crippen LogP contribution in [0.15, 0.2) is 0 Å². The molecule has 0 amide bonds. The number of hydrogen-bond acceptors (Lipinski definition) is 6. The molecule has 1 aliphatic rings. The van der Waals surface area contributed by atoms with E-state index >= 15 is 0 Å². The van der Waals surface area contributed by atoms with Crippen molar-refractivity contribution in [2.24, 2.45) is 0 Å². The summed E-state index contributed by atoms with van der Waals surface area (Å²) in [7, 11) is 1.24. The van der Waals surface area contributed by atoms with E-state index in [0.29, 0.717) is 0 Å². The first kappa shape index (κ1) is 14.8. The van der Waals surface area contributed by atoms with Crippen LogP contribution in [0.25, 0.3) is 0 Å². The molecule has 1 fully saturated rings. The third kappa shape index (κ3) is 2.88. The second-order valence-electron chi connectivity index (χ2n) is 2.91. The Labute approximate surface area is 104 Å². The Bertz CT molecular complexity index is 168. The van der Waals surface area contributed by atoms with Crippen molar-refractivity contribution in [1.29, 1.82) is 0 Å². The molecule has 5 atom stereocenters. The number of rotatable bonds is 2. The summed E-state index contributed by atoms with van der Waals surface area (Å²) in [6, 6.07) is 0. The predicted octanol–water partition coefficient (Wildman–Crippen LogP) is -6.20. The molecule has 1 rings (SSSR count). The van der Waals surface area contributed by atoms with Crippen LogP contribution < -0.4 is 34.7 Å². The monoisotopic (exact) mass is 216 g/mol. The average Bonchev–Trinajstić information content (AvgIpc) is 2.12. The smallest absolute Gasteiger partial charge is 0.829 e. The molecule has 0 aromatic rings. The van der Waals surface area contributed by atoms with Crippen LogP contribution in [-0.4, -0.2) is 59.7 Å². The molecule has 3 N–H and O–H groups in total. The third-order valence-electron chi connectivity index (χ3n) is 2.10. The first-order valence-corrected chi connectivity index (χ1v) is 3.93. The van der Waals surface area contributed by atoms with E-state index in [2.05, 4.69) is 9.47 Å². The summed E-state index contributed by atoms with van der Waals surface area (Å²) in [6.45, 7) is -0.507. The summed E-state index contributed by atoms with van der Waals surface area (Å²) in [5, 5.41) is 38.4. The molecule has 78 valence electrons. The number of ether oxygens (including phenoxy) is 2. The van der Waals surface area contributed by atoms with E-state index in [1.165, 1.54) is 7.11 Å². The minimum absolute atomic E-state index is 0. The zero-order valence-electron chi connectivity index (χ0n) is 8.16. The van der Waals surface area contributed by atoms with Crippen molar-refractivity contribution in [1.82, 2.24) is 0 Å². The van der Waals surface area contributed by atoms with E-state index in [4.69, 9.17) is 5.11 Å². The molecular weight excluding hydrogens is 203 g/mol. The van der Waals surface area contributed by atoms with E-state index < -0.39 is 37.3 Å². The van der Waals surface area contributed by atoms with Gasteiger partial charge in [0.15, 0.2) is 0 Å². The first-order chi connectivity index (χ1) is 6.11. The van der Waals surface area contributed by atoms with Crippen molar-refractivity contribution < 1.29 is 59.5 Å². The topological polar surface area (TPSA) is 102 Å². The minimum Gasteiger partial charge on any atom is -0.829 e. The molecule has 0 saturated carbocycles. The van der Waals surface area contributed by atoms with Gasteiger partial charge in [0.1, 0.15) is 18.3 Å². The molecule has 0 radical (unpaired) electrons. The summed E-state index contributed by atoms with van der Waals surface area (Å²) in [5.41, 5.74) is 0. The standard InChI is InChI=1S/C7H13O6.Na/c1-12-6-5(10)4(9)3(2-8)13-7(6)11;/h3-10H,2H2,1H3;/q-1;+1/t3-,4-,5+,6-,7+;/m1./s1. The van der Waals surface area contributed by atoms with Crippen molar-refractivity contribution in [3.63, 3.8) is 0 Å². The van der Waals surface area contributed by atoms with Gasteiger partial charge in [-0.05, 0) is 0 Å². The molecule has 0 aromatic heterocycles. The van der Waals surface area contributed by atoms with Crippen LogP contribution in [0.1, 0.15) is 0 Å². The maximum absolute atomic E-state index is 11.1. The second-order valence-corrected chi connectivity index (χ2v) is 2.91. The van der Waals surface area contributed by atoms with E-state index in [1.54, 1.807) is 0 Å². The summed E-state index contributed by atoms with van der Waals surface area (Å²) >= 11 is 0. The summed E-state index contributed by atoms with van der Waals surface area (Å²) in [5.74, 6) is 0. The van der Waals surface area contributed by atoms with Gasteiger partial charge in [0.2, 0.25) is 0 Å². The predicted molar refractivity (Wildman–Crippen MR) is 38.6 cm³/mol. The van der Waals surface area contributed by atoms with Crippen molar-refractivity contribution in [2.75, 3.05) is 13.7 Å². The van der Waals surface area contributed by atoms with E-state index in [1.807, 2.05) is 0 Å². The van der Waals surface area contributed by atoms with Gasteiger partial charge in [-0.3, -0.25) is 0 Å². The van der Waals surface area contributed by atoms with Crippen molar-refractivity contribution in [3.05, 3.63) is 0 Å². The van der Waals surface area contributed by atoms with Crippen LogP contribution in [0.4, 0.5) is 0 Å². The Morgan fingerprint density at radius 1 is 1.36 bits per heavy atom. The van der Waals surface area contributed by atoms with Gasteiger partial charge in [-0.1, -0.05) is 0 Å². The molecule has 0 unspecified atom stereocenters. The number of aliphatic hydroxyl groups excluding tert-OH is 3. The van der Waals surface area contributed by atoms with Crippen LogP contribution >= 0.6 is 0 Å². The summed E-state index contributed by atoms with van der Waals surface area (Å²) in [6.07, 6.45) is -6.33. The molecule has 0 bridgehead atoms. The minimum atomic E-state index is -1.58. The van der Waals surface area contributed by atoms with Crippen LogP contribution in [0.3, 0.4) is 0 Å². The van der Waals surface area contributed by atoms with Gasteiger partial charge < -0.3 is 29.9 Å². The van der Waals surface area contributed by atoms with E-state index in [0.717, 1.165) is 0 Å². The van der Waals surface area contributed by atoms with Crippen molar-refractivity contribution >= 4 is 0 Å². The van der Waals surface area contributed by atoms with Crippen LogP contribution in [0.2, 0.25) is 0 Å². The average molecular weight is 216 g/mol. The SMILES string of the molecule is CO[C@@H]1[C@@H](O)[C@H](O)[C@@H](CO)O[C@@H]1[O-].[Na+]. The first-order valence-electron chi connectivity index (χ1n) is 3.93. The van der Waals surface area contributed by atoms with Gasteiger partial charge in [-0.15, -0.1) is 0 Å². The molecule has 7 heteroatoms. The largest absolute Gasteiger partial charge is 1.00 e. The van der Waals surface area contributed by atoms with Crippen LogP contribution in [-0.2, 0) is 9.47 Å². The van der Waals surface area contributed by atoms with E-state index in [9.17, 15) is 15.3 Å². The van der Waals surface area contributed by atoms with Crippen molar-refractivity contribution in [2.45, 2.75) is 30.7 Å². The summed E-state index contributed by atoms with van der Waals surface area (Å²) < 4.78 is 9.33. The van der Waals surface area contributed by atoms with Crippen LogP contribution in [0, 0.1) is 0 Å². The molecule has 1 heterocycles. The Balaban J connectivity index is 0.00000169. The number of aliphatic hydroxyl groups is 3. The zero-order valence-corrected chi connectivity index (χ0v) is 10.2.